The molecule has 2 unspecified atom stereocenters. The lowest BCUT2D eigenvalue weighted by molar-refractivity contribution is -0.141. The van der Waals surface area contributed by atoms with E-state index in [1.807, 2.05) is 12.2 Å². The van der Waals surface area contributed by atoms with Crippen molar-refractivity contribution in [1.29, 1.82) is 0 Å². The molecule has 3 rings (SSSR count). The molecule has 0 spiro atoms. The Kier molecular flexibility index (Phi) is 3.62. The number of oxazole rings is 1. The summed E-state index contributed by atoms with van der Waals surface area (Å²) in [5.41, 5.74) is -1.32. The van der Waals surface area contributed by atoms with Gasteiger partial charge in [0.1, 0.15) is 0 Å². The van der Waals surface area contributed by atoms with E-state index in [1.54, 1.807) is 4.90 Å². The summed E-state index contributed by atoms with van der Waals surface area (Å²) in [5.74, 6) is -2.02. The van der Waals surface area contributed by atoms with Gasteiger partial charge in [-0.25, -0.2) is 4.79 Å². The second kappa shape index (κ2) is 5.33. The summed E-state index contributed by atoms with van der Waals surface area (Å²) in [4.78, 5) is 17.0. The fraction of sp³-hybridized carbons (Fsp3) is 0.571. The summed E-state index contributed by atoms with van der Waals surface area (Å²) < 4.78 is 49.0. The maximum Gasteiger partial charge on any atom is 0.437 e. The Morgan fingerprint density at radius 2 is 2.27 bits per heavy atom. The number of halogens is 3. The van der Waals surface area contributed by atoms with Gasteiger partial charge in [0, 0.05) is 6.04 Å². The zero-order chi connectivity index (χ0) is 15.9. The highest BCUT2D eigenvalue weighted by Crippen LogP contribution is 2.39. The van der Waals surface area contributed by atoms with Crippen LogP contribution < -0.4 is 4.90 Å². The number of hydrogen-bond acceptors (Lipinski definition) is 5. The summed E-state index contributed by atoms with van der Waals surface area (Å²) in [7, 11) is 0. The molecular weight excluding hydrogens is 301 g/mol. The monoisotopic (exact) mass is 316 g/mol. The SMILES string of the molecule is CCOC(=O)c1oc(N2C3C=CCC2CC3)nc1C(F)(F)F. The summed E-state index contributed by atoms with van der Waals surface area (Å²) in [6.07, 6.45) is 1.60. The Bertz CT molecular complexity index is 609. The summed E-state index contributed by atoms with van der Waals surface area (Å²) in [5, 5.41) is 0. The zero-order valence-corrected chi connectivity index (χ0v) is 11.9. The minimum atomic E-state index is -4.77. The molecular formula is C14H15F3N2O3. The van der Waals surface area contributed by atoms with Gasteiger partial charge in [-0.3, -0.25) is 0 Å². The van der Waals surface area contributed by atoms with Crippen LogP contribution in [0.5, 0.6) is 0 Å². The molecule has 22 heavy (non-hydrogen) atoms. The van der Waals surface area contributed by atoms with Gasteiger partial charge in [-0.15, -0.1) is 0 Å². The Morgan fingerprint density at radius 3 is 2.91 bits per heavy atom. The predicted octanol–water partition coefficient (Wildman–Crippen LogP) is 3.17. The average Bonchev–Trinajstić information content (AvgIpc) is 2.98. The van der Waals surface area contributed by atoms with Crippen molar-refractivity contribution < 1.29 is 27.1 Å². The molecule has 1 saturated heterocycles. The fourth-order valence-electron chi connectivity index (χ4n) is 2.97. The molecule has 2 aliphatic rings. The highest BCUT2D eigenvalue weighted by atomic mass is 19.4. The molecule has 0 saturated carbocycles. The number of nitrogens with zero attached hydrogens (tertiary/aromatic N) is 2. The van der Waals surface area contributed by atoms with E-state index >= 15 is 0 Å². The molecule has 0 amide bonds. The standard InChI is InChI=1S/C14H15F3N2O3/c1-2-21-12(20)10-11(14(15,16)17)18-13(22-10)19-8-4-3-5-9(19)7-6-8/h3-4,8-9H,2,5-7H2,1H3. The van der Waals surface area contributed by atoms with Crippen LogP contribution in [0.3, 0.4) is 0 Å². The number of aromatic nitrogens is 1. The van der Waals surface area contributed by atoms with Crippen LogP contribution in [0, 0.1) is 0 Å². The van der Waals surface area contributed by atoms with Crippen LogP contribution in [-0.2, 0) is 10.9 Å². The largest absolute Gasteiger partial charge is 0.460 e. The first-order valence-corrected chi connectivity index (χ1v) is 7.12. The van der Waals surface area contributed by atoms with Gasteiger partial charge < -0.3 is 14.1 Å². The first-order valence-electron chi connectivity index (χ1n) is 7.12. The van der Waals surface area contributed by atoms with Crippen LogP contribution in [0.2, 0.25) is 0 Å². The van der Waals surface area contributed by atoms with Crippen LogP contribution >= 0.6 is 0 Å². The topological polar surface area (TPSA) is 55.6 Å². The number of rotatable bonds is 3. The van der Waals surface area contributed by atoms with Gasteiger partial charge in [-0.2, -0.15) is 18.2 Å². The van der Waals surface area contributed by atoms with E-state index in [2.05, 4.69) is 9.72 Å². The lowest BCUT2D eigenvalue weighted by Crippen LogP contribution is -2.37. The number of ether oxygens (including phenoxy) is 1. The molecule has 2 aliphatic heterocycles. The van der Waals surface area contributed by atoms with Crippen LogP contribution in [0.4, 0.5) is 19.2 Å². The number of carbonyl (C=O) groups excluding carboxylic acids is 1. The Hall–Kier alpha value is -1.99. The van der Waals surface area contributed by atoms with Crippen molar-refractivity contribution in [3.05, 3.63) is 23.6 Å². The molecule has 2 atom stereocenters. The molecule has 1 aromatic rings. The van der Waals surface area contributed by atoms with E-state index in [-0.39, 0.29) is 24.7 Å². The van der Waals surface area contributed by atoms with Gasteiger partial charge in [0.05, 0.1) is 12.6 Å². The van der Waals surface area contributed by atoms with Gasteiger partial charge >= 0.3 is 12.1 Å². The fourth-order valence-corrected chi connectivity index (χ4v) is 2.97. The van der Waals surface area contributed by atoms with Crippen LogP contribution in [0.15, 0.2) is 16.6 Å². The van der Waals surface area contributed by atoms with Crippen molar-refractivity contribution in [2.75, 3.05) is 11.5 Å². The summed E-state index contributed by atoms with van der Waals surface area (Å²) in [6, 6.07) is -0.134. The van der Waals surface area contributed by atoms with Gasteiger partial charge in [0.2, 0.25) is 5.76 Å². The zero-order valence-electron chi connectivity index (χ0n) is 11.9. The quantitative estimate of drug-likeness (QED) is 0.633. The lowest BCUT2D eigenvalue weighted by atomic mass is 10.1. The van der Waals surface area contributed by atoms with Crippen LogP contribution in [0.1, 0.15) is 42.4 Å². The molecule has 3 heterocycles. The second-order valence-electron chi connectivity index (χ2n) is 5.26. The first kappa shape index (κ1) is 14.9. The minimum Gasteiger partial charge on any atom is -0.460 e. The first-order chi connectivity index (χ1) is 10.4. The third kappa shape index (κ3) is 2.46. The van der Waals surface area contributed by atoms with Crippen LogP contribution in [-0.4, -0.2) is 29.6 Å². The molecule has 0 radical (unpaired) electrons. The predicted molar refractivity (Wildman–Crippen MR) is 70.5 cm³/mol. The third-order valence-electron chi connectivity index (χ3n) is 3.88. The molecule has 120 valence electrons. The molecule has 1 fully saturated rings. The van der Waals surface area contributed by atoms with Crippen molar-refractivity contribution in [2.24, 2.45) is 0 Å². The smallest absolute Gasteiger partial charge is 0.437 e. The van der Waals surface area contributed by atoms with Crippen molar-refractivity contribution in [3.63, 3.8) is 0 Å². The van der Waals surface area contributed by atoms with Gasteiger partial charge in [0.25, 0.3) is 6.01 Å². The van der Waals surface area contributed by atoms with E-state index < -0.39 is 23.6 Å². The number of esters is 1. The molecule has 1 aromatic heterocycles. The van der Waals surface area contributed by atoms with Crippen molar-refractivity contribution >= 4 is 12.0 Å². The Labute approximate surface area is 124 Å². The van der Waals surface area contributed by atoms with Crippen LogP contribution in [0.25, 0.3) is 0 Å². The van der Waals surface area contributed by atoms with E-state index in [4.69, 9.17) is 4.42 Å². The molecule has 0 N–H and O–H groups in total. The molecule has 0 aromatic carbocycles. The number of fused-ring (bicyclic) bond motifs is 2. The van der Waals surface area contributed by atoms with Gasteiger partial charge in [-0.1, -0.05) is 12.2 Å². The molecule has 0 aliphatic carbocycles. The second-order valence-corrected chi connectivity index (χ2v) is 5.26. The lowest BCUT2D eigenvalue weighted by Gasteiger charge is -2.29. The number of anilines is 1. The van der Waals surface area contributed by atoms with Crippen molar-refractivity contribution in [1.82, 2.24) is 4.98 Å². The van der Waals surface area contributed by atoms with Crippen molar-refractivity contribution in [2.45, 2.75) is 44.4 Å². The van der Waals surface area contributed by atoms with E-state index in [0.29, 0.717) is 0 Å². The number of alkyl halides is 3. The summed E-state index contributed by atoms with van der Waals surface area (Å²) in [6.45, 7) is 1.47. The highest BCUT2D eigenvalue weighted by Gasteiger charge is 2.44. The van der Waals surface area contributed by atoms with Gasteiger partial charge in [0.15, 0.2) is 5.69 Å². The van der Waals surface area contributed by atoms with E-state index in [0.717, 1.165) is 19.3 Å². The number of hydrogen-bond donors (Lipinski definition) is 0. The normalized spacial score (nSPS) is 23.9. The number of carbonyl (C=O) groups is 1. The molecule has 5 nitrogen and oxygen atoms in total. The maximum absolute atomic E-state index is 13.1. The highest BCUT2D eigenvalue weighted by molar-refractivity contribution is 5.88. The average molecular weight is 316 g/mol. The Morgan fingerprint density at radius 1 is 1.50 bits per heavy atom. The molecule has 8 heteroatoms. The van der Waals surface area contributed by atoms with E-state index in [9.17, 15) is 18.0 Å². The van der Waals surface area contributed by atoms with Gasteiger partial charge in [-0.05, 0) is 26.2 Å². The minimum absolute atomic E-state index is 0.0338. The van der Waals surface area contributed by atoms with E-state index in [1.165, 1.54) is 6.92 Å². The third-order valence-corrected chi connectivity index (χ3v) is 3.88. The molecule has 2 bridgehead atoms. The van der Waals surface area contributed by atoms with Crippen molar-refractivity contribution in [3.8, 4) is 0 Å². The maximum atomic E-state index is 13.1. The summed E-state index contributed by atoms with van der Waals surface area (Å²) >= 11 is 0. The Balaban J connectivity index is 2.00.